The SMILES string of the molecule is CCOc1ccc(CN(C)CC(=O)O)cc1C. The molecule has 1 rings (SSSR count). The minimum absolute atomic E-state index is 0.0479. The summed E-state index contributed by atoms with van der Waals surface area (Å²) in [6, 6.07) is 5.93. The Morgan fingerprint density at radius 1 is 1.47 bits per heavy atom. The standard InChI is InChI=1S/C13H19NO3/c1-4-17-12-6-5-11(7-10(12)2)8-14(3)9-13(15)16/h5-7H,4,8-9H2,1-3H3,(H,15,16). The third-order valence-electron chi connectivity index (χ3n) is 2.40. The smallest absolute Gasteiger partial charge is 0.317 e. The Morgan fingerprint density at radius 2 is 2.18 bits per heavy atom. The van der Waals surface area contributed by atoms with E-state index in [9.17, 15) is 4.79 Å². The van der Waals surface area contributed by atoms with Crippen molar-refractivity contribution in [2.24, 2.45) is 0 Å². The van der Waals surface area contributed by atoms with E-state index in [1.54, 1.807) is 11.9 Å². The molecule has 0 aliphatic rings. The van der Waals surface area contributed by atoms with Gasteiger partial charge in [0.05, 0.1) is 13.2 Å². The maximum absolute atomic E-state index is 10.5. The predicted octanol–water partition coefficient (Wildman–Crippen LogP) is 1.91. The molecule has 1 aromatic rings. The first-order chi connectivity index (χ1) is 8.02. The molecule has 0 fully saturated rings. The van der Waals surface area contributed by atoms with Crippen molar-refractivity contribution in [3.05, 3.63) is 29.3 Å². The highest BCUT2D eigenvalue weighted by Gasteiger charge is 2.06. The molecule has 0 aliphatic carbocycles. The van der Waals surface area contributed by atoms with Crippen LogP contribution >= 0.6 is 0 Å². The number of carbonyl (C=O) groups is 1. The molecule has 0 aromatic heterocycles. The normalized spacial score (nSPS) is 10.6. The third-order valence-corrected chi connectivity index (χ3v) is 2.40. The van der Waals surface area contributed by atoms with Gasteiger partial charge in [0, 0.05) is 6.54 Å². The largest absolute Gasteiger partial charge is 0.494 e. The molecule has 0 atom stereocenters. The van der Waals surface area contributed by atoms with Crippen molar-refractivity contribution >= 4 is 5.97 Å². The number of carboxylic acid groups (broad SMARTS) is 1. The lowest BCUT2D eigenvalue weighted by Gasteiger charge is -2.15. The molecule has 0 bridgehead atoms. The molecule has 0 saturated carbocycles. The van der Waals surface area contributed by atoms with Crippen molar-refractivity contribution in [1.29, 1.82) is 0 Å². The Balaban J connectivity index is 2.66. The summed E-state index contributed by atoms with van der Waals surface area (Å²) >= 11 is 0. The first-order valence-electron chi connectivity index (χ1n) is 5.65. The van der Waals surface area contributed by atoms with Gasteiger partial charge in [0.15, 0.2) is 0 Å². The fourth-order valence-electron chi connectivity index (χ4n) is 1.73. The topological polar surface area (TPSA) is 49.8 Å². The molecular formula is C13H19NO3. The molecule has 0 aliphatic heterocycles. The lowest BCUT2D eigenvalue weighted by Crippen LogP contribution is -2.25. The number of nitrogens with zero attached hydrogens (tertiary/aromatic N) is 1. The van der Waals surface area contributed by atoms with Crippen molar-refractivity contribution in [2.75, 3.05) is 20.2 Å². The predicted molar refractivity (Wildman–Crippen MR) is 66.3 cm³/mol. The van der Waals surface area contributed by atoms with Gasteiger partial charge in [-0.1, -0.05) is 12.1 Å². The van der Waals surface area contributed by atoms with Crippen molar-refractivity contribution in [3.8, 4) is 5.75 Å². The summed E-state index contributed by atoms with van der Waals surface area (Å²) in [5.74, 6) is 0.0762. The first-order valence-corrected chi connectivity index (χ1v) is 5.65. The Kier molecular flexibility index (Phi) is 4.97. The Hall–Kier alpha value is -1.55. The number of carboxylic acids is 1. The van der Waals surface area contributed by atoms with E-state index in [0.717, 1.165) is 16.9 Å². The van der Waals surface area contributed by atoms with E-state index < -0.39 is 5.97 Å². The highest BCUT2D eigenvalue weighted by atomic mass is 16.5. The molecule has 0 heterocycles. The lowest BCUT2D eigenvalue weighted by molar-refractivity contribution is -0.138. The summed E-state index contributed by atoms with van der Waals surface area (Å²) in [6.45, 7) is 5.27. The Labute approximate surface area is 102 Å². The summed E-state index contributed by atoms with van der Waals surface area (Å²) in [5, 5.41) is 8.67. The van der Waals surface area contributed by atoms with E-state index in [2.05, 4.69) is 0 Å². The number of hydrogen-bond donors (Lipinski definition) is 1. The quantitative estimate of drug-likeness (QED) is 0.821. The van der Waals surface area contributed by atoms with E-state index in [1.807, 2.05) is 32.0 Å². The average Bonchev–Trinajstić information content (AvgIpc) is 2.21. The summed E-state index contributed by atoms with van der Waals surface area (Å²) in [7, 11) is 1.79. The molecule has 1 N–H and O–H groups in total. The molecule has 17 heavy (non-hydrogen) atoms. The molecule has 0 amide bonds. The zero-order valence-corrected chi connectivity index (χ0v) is 10.6. The van der Waals surface area contributed by atoms with Gasteiger partial charge in [-0.3, -0.25) is 9.69 Å². The van der Waals surface area contributed by atoms with E-state index in [4.69, 9.17) is 9.84 Å². The summed E-state index contributed by atoms with van der Waals surface area (Å²) in [6.07, 6.45) is 0. The van der Waals surface area contributed by atoms with Gasteiger partial charge in [0.25, 0.3) is 0 Å². The number of hydrogen-bond acceptors (Lipinski definition) is 3. The number of aryl methyl sites for hydroxylation is 1. The fraction of sp³-hybridized carbons (Fsp3) is 0.462. The summed E-state index contributed by atoms with van der Waals surface area (Å²) < 4.78 is 5.45. The van der Waals surface area contributed by atoms with Crippen LogP contribution in [0.5, 0.6) is 5.75 Å². The van der Waals surface area contributed by atoms with E-state index in [0.29, 0.717) is 13.2 Å². The van der Waals surface area contributed by atoms with Crippen LogP contribution in [0.4, 0.5) is 0 Å². The molecule has 0 unspecified atom stereocenters. The minimum atomic E-state index is -0.810. The molecule has 0 spiro atoms. The van der Waals surface area contributed by atoms with Crippen LogP contribution < -0.4 is 4.74 Å². The molecule has 4 nitrogen and oxygen atoms in total. The van der Waals surface area contributed by atoms with Crippen LogP contribution in [0.15, 0.2) is 18.2 Å². The van der Waals surface area contributed by atoms with Gasteiger partial charge in [-0.2, -0.15) is 0 Å². The van der Waals surface area contributed by atoms with Crippen LogP contribution in [-0.2, 0) is 11.3 Å². The fourth-order valence-corrected chi connectivity index (χ4v) is 1.73. The number of ether oxygens (including phenoxy) is 1. The van der Waals surface area contributed by atoms with Gasteiger partial charge in [-0.25, -0.2) is 0 Å². The van der Waals surface area contributed by atoms with Crippen LogP contribution in [0, 0.1) is 6.92 Å². The number of benzene rings is 1. The zero-order chi connectivity index (χ0) is 12.8. The van der Waals surface area contributed by atoms with Gasteiger partial charge in [-0.05, 0) is 38.1 Å². The highest BCUT2D eigenvalue weighted by molar-refractivity contribution is 5.69. The first kappa shape index (κ1) is 13.5. The van der Waals surface area contributed by atoms with Gasteiger partial charge in [0.1, 0.15) is 5.75 Å². The minimum Gasteiger partial charge on any atom is -0.494 e. The van der Waals surface area contributed by atoms with E-state index >= 15 is 0 Å². The van der Waals surface area contributed by atoms with Crippen LogP contribution in [0.3, 0.4) is 0 Å². The molecule has 0 radical (unpaired) electrons. The van der Waals surface area contributed by atoms with Crippen molar-refractivity contribution in [1.82, 2.24) is 4.90 Å². The second-order valence-corrected chi connectivity index (χ2v) is 4.10. The van der Waals surface area contributed by atoms with Crippen LogP contribution in [0.25, 0.3) is 0 Å². The van der Waals surface area contributed by atoms with E-state index in [1.165, 1.54) is 0 Å². The maximum Gasteiger partial charge on any atom is 0.317 e. The third kappa shape index (κ3) is 4.44. The van der Waals surface area contributed by atoms with Crippen molar-refractivity contribution < 1.29 is 14.6 Å². The molecule has 4 heteroatoms. The average molecular weight is 237 g/mol. The zero-order valence-electron chi connectivity index (χ0n) is 10.6. The highest BCUT2D eigenvalue weighted by Crippen LogP contribution is 2.19. The Bertz CT molecular complexity index is 390. The molecule has 0 saturated heterocycles. The van der Waals surface area contributed by atoms with Gasteiger partial charge in [0.2, 0.25) is 0 Å². The number of aliphatic carboxylic acids is 1. The van der Waals surface area contributed by atoms with Crippen molar-refractivity contribution in [2.45, 2.75) is 20.4 Å². The van der Waals surface area contributed by atoms with E-state index in [-0.39, 0.29) is 6.54 Å². The van der Waals surface area contributed by atoms with Gasteiger partial charge in [-0.15, -0.1) is 0 Å². The molecule has 1 aromatic carbocycles. The summed E-state index contributed by atoms with van der Waals surface area (Å²) in [4.78, 5) is 12.3. The van der Waals surface area contributed by atoms with Gasteiger partial charge >= 0.3 is 5.97 Å². The summed E-state index contributed by atoms with van der Waals surface area (Å²) in [5.41, 5.74) is 2.17. The Morgan fingerprint density at radius 3 is 2.71 bits per heavy atom. The molecular weight excluding hydrogens is 218 g/mol. The number of likely N-dealkylation sites (N-methyl/N-ethyl adjacent to an activating group) is 1. The second kappa shape index (κ2) is 6.25. The lowest BCUT2D eigenvalue weighted by atomic mass is 10.1. The van der Waals surface area contributed by atoms with Gasteiger partial charge < -0.3 is 9.84 Å². The van der Waals surface area contributed by atoms with Crippen molar-refractivity contribution in [3.63, 3.8) is 0 Å². The molecule has 94 valence electrons. The maximum atomic E-state index is 10.5. The number of rotatable bonds is 6. The van der Waals surface area contributed by atoms with Crippen LogP contribution in [0.1, 0.15) is 18.1 Å². The monoisotopic (exact) mass is 237 g/mol. The van der Waals surface area contributed by atoms with Crippen LogP contribution in [-0.4, -0.2) is 36.2 Å². The second-order valence-electron chi connectivity index (χ2n) is 4.10. The van der Waals surface area contributed by atoms with Crippen LogP contribution in [0.2, 0.25) is 0 Å².